The Balaban J connectivity index is 2.11. The van der Waals surface area contributed by atoms with E-state index in [-0.39, 0.29) is 11.3 Å². The van der Waals surface area contributed by atoms with Crippen molar-refractivity contribution in [3.05, 3.63) is 34.3 Å². The highest BCUT2D eigenvalue weighted by Crippen LogP contribution is 2.30. The molecule has 1 saturated heterocycles. The van der Waals surface area contributed by atoms with Crippen LogP contribution in [-0.2, 0) is 4.79 Å². The van der Waals surface area contributed by atoms with Crippen LogP contribution < -0.4 is 0 Å². The summed E-state index contributed by atoms with van der Waals surface area (Å²) in [7, 11) is 0. The molecule has 0 spiro atoms. The second-order valence-electron chi connectivity index (χ2n) is 6.40. The number of nitrogens with zero attached hydrogens (tertiary/aromatic N) is 1. The van der Waals surface area contributed by atoms with Gasteiger partial charge in [-0.2, -0.15) is 0 Å². The van der Waals surface area contributed by atoms with Crippen LogP contribution in [0.4, 0.5) is 0 Å². The standard InChI is InChI=1S/C16H22BrNO/c1-16(2,3)15(19)18-9-5-7-13(11-18)12-6-4-8-14(17)10-12/h4,6,8,10,13H,5,7,9,11H2,1-3H3. The van der Waals surface area contributed by atoms with Crippen LogP contribution in [0.5, 0.6) is 0 Å². The van der Waals surface area contributed by atoms with Crippen molar-refractivity contribution in [3.8, 4) is 0 Å². The zero-order valence-corrected chi connectivity index (χ0v) is 13.5. The minimum absolute atomic E-state index is 0.271. The van der Waals surface area contributed by atoms with E-state index in [9.17, 15) is 4.79 Å². The lowest BCUT2D eigenvalue weighted by molar-refractivity contribution is -0.140. The molecule has 3 heteroatoms. The second-order valence-corrected chi connectivity index (χ2v) is 7.31. The third kappa shape index (κ3) is 3.59. The molecule has 1 heterocycles. The van der Waals surface area contributed by atoms with E-state index < -0.39 is 0 Å². The predicted octanol–water partition coefficient (Wildman–Crippen LogP) is 4.20. The Morgan fingerprint density at radius 3 is 2.74 bits per heavy atom. The van der Waals surface area contributed by atoms with Crippen molar-refractivity contribution < 1.29 is 4.79 Å². The van der Waals surface area contributed by atoms with Gasteiger partial charge in [-0.1, -0.05) is 48.8 Å². The second kappa shape index (κ2) is 5.66. The number of rotatable bonds is 1. The minimum atomic E-state index is -0.279. The molecule has 19 heavy (non-hydrogen) atoms. The monoisotopic (exact) mass is 323 g/mol. The molecule has 1 aromatic carbocycles. The Bertz CT molecular complexity index is 464. The van der Waals surface area contributed by atoms with E-state index in [1.54, 1.807) is 0 Å². The van der Waals surface area contributed by atoms with Gasteiger partial charge in [0.2, 0.25) is 5.91 Å². The summed E-state index contributed by atoms with van der Waals surface area (Å²) in [4.78, 5) is 14.4. The molecule has 1 fully saturated rings. The Morgan fingerprint density at radius 1 is 1.37 bits per heavy atom. The lowest BCUT2D eigenvalue weighted by Gasteiger charge is -2.36. The van der Waals surface area contributed by atoms with Gasteiger partial charge < -0.3 is 4.90 Å². The van der Waals surface area contributed by atoms with Crippen molar-refractivity contribution in [3.63, 3.8) is 0 Å². The van der Waals surface area contributed by atoms with Crippen molar-refractivity contribution in [2.75, 3.05) is 13.1 Å². The third-order valence-corrected chi connectivity index (χ3v) is 4.16. The van der Waals surface area contributed by atoms with E-state index in [0.29, 0.717) is 5.92 Å². The Hall–Kier alpha value is -0.830. The molecular formula is C16H22BrNO. The number of halogens is 1. The minimum Gasteiger partial charge on any atom is -0.342 e. The van der Waals surface area contributed by atoms with Gasteiger partial charge in [0.1, 0.15) is 0 Å². The van der Waals surface area contributed by atoms with E-state index in [2.05, 4.69) is 34.1 Å². The number of piperidine rings is 1. The van der Waals surface area contributed by atoms with Gasteiger partial charge in [0, 0.05) is 28.9 Å². The topological polar surface area (TPSA) is 20.3 Å². The molecule has 1 unspecified atom stereocenters. The number of benzene rings is 1. The average Bonchev–Trinajstić information content (AvgIpc) is 2.37. The van der Waals surface area contributed by atoms with E-state index in [0.717, 1.165) is 24.0 Å². The SMILES string of the molecule is CC(C)(C)C(=O)N1CCCC(c2cccc(Br)c2)C1. The van der Waals surface area contributed by atoms with Crippen LogP contribution in [0.3, 0.4) is 0 Å². The lowest BCUT2D eigenvalue weighted by atomic mass is 9.88. The first-order chi connectivity index (χ1) is 8.88. The lowest BCUT2D eigenvalue weighted by Crippen LogP contribution is -2.44. The zero-order chi connectivity index (χ0) is 14.0. The summed E-state index contributed by atoms with van der Waals surface area (Å²) in [6.45, 7) is 7.75. The number of carbonyl (C=O) groups is 1. The molecule has 2 rings (SSSR count). The van der Waals surface area contributed by atoms with Crippen LogP contribution in [0.25, 0.3) is 0 Å². The van der Waals surface area contributed by atoms with Crippen LogP contribution in [0, 0.1) is 5.41 Å². The molecule has 1 aliphatic rings. The first-order valence-corrected chi connectivity index (χ1v) is 7.72. The summed E-state index contributed by atoms with van der Waals surface area (Å²) in [5, 5.41) is 0. The molecule has 1 atom stereocenters. The van der Waals surface area contributed by atoms with Crippen LogP contribution >= 0.6 is 15.9 Å². The smallest absolute Gasteiger partial charge is 0.227 e. The third-order valence-electron chi connectivity index (χ3n) is 3.67. The molecule has 104 valence electrons. The fourth-order valence-electron chi connectivity index (χ4n) is 2.67. The maximum absolute atomic E-state index is 12.4. The van der Waals surface area contributed by atoms with E-state index >= 15 is 0 Å². The van der Waals surface area contributed by atoms with Gasteiger partial charge in [0.15, 0.2) is 0 Å². The zero-order valence-electron chi connectivity index (χ0n) is 11.9. The quantitative estimate of drug-likeness (QED) is 0.758. The maximum Gasteiger partial charge on any atom is 0.227 e. The van der Waals surface area contributed by atoms with E-state index in [4.69, 9.17) is 0 Å². The fourth-order valence-corrected chi connectivity index (χ4v) is 3.09. The van der Waals surface area contributed by atoms with Crippen LogP contribution in [-0.4, -0.2) is 23.9 Å². The summed E-state index contributed by atoms with van der Waals surface area (Å²) in [6, 6.07) is 8.46. The highest BCUT2D eigenvalue weighted by molar-refractivity contribution is 9.10. The van der Waals surface area contributed by atoms with Crippen molar-refractivity contribution in [2.24, 2.45) is 5.41 Å². The molecule has 1 aromatic rings. The van der Waals surface area contributed by atoms with Gasteiger partial charge in [0.25, 0.3) is 0 Å². The predicted molar refractivity (Wildman–Crippen MR) is 82.2 cm³/mol. The van der Waals surface area contributed by atoms with Crippen LogP contribution in [0.2, 0.25) is 0 Å². The van der Waals surface area contributed by atoms with Gasteiger partial charge in [-0.25, -0.2) is 0 Å². The largest absolute Gasteiger partial charge is 0.342 e. The van der Waals surface area contributed by atoms with Crippen molar-refractivity contribution in [1.82, 2.24) is 4.90 Å². The van der Waals surface area contributed by atoms with Gasteiger partial charge in [-0.05, 0) is 30.5 Å². The number of hydrogen-bond acceptors (Lipinski definition) is 1. The van der Waals surface area contributed by atoms with Gasteiger partial charge >= 0.3 is 0 Å². The molecule has 0 aliphatic carbocycles. The van der Waals surface area contributed by atoms with Crippen molar-refractivity contribution in [1.29, 1.82) is 0 Å². The van der Waals surface area contributed by atoms with Gasteiger partial charge in [-0.15, -0.1) is 0 Å². The number of carbonyl (C=O) groups excluding carboxylic acids is 1. The molecule has 0 bridgehead atoms. The highest BCUT2D eigenvalue weighted by Gasteiger charge is 2.31. The summed E-state index contributed by atoms with van der Waals surface area (Å²) in [6.07, 6.45) is 2.27. The fraction of sp³-hybridized carbons (Fsp3) is 0.562. The molecule has 1 aliphatic heterocycles. The highest BCUT2D eigenvalue weighted by atomic mass is 79.9. The summed E-state index contributed by atoms with van der Waals surface area (Å²) in [5.74, 6) is 0.741. The molecule has 0 radical (unpaired) electrons. The number of likely N-dealkylation sites (tertiary alicyclic amines) is 1. The molecule has 0 saturated carbocycles. The van der Waals surface area contributed by atoms with Gasteiger partial charge in [-0.3, -0.25) is 4.79 Å². The number of hydrogen-bond donors (Lipinski definition) is 0. The Morgan fingerprint density at radius 2 is 2.11 bits per heavy atom. The van der Waals surface area contributed by atoms with Gasteiger partial charge in [0.05, 0.1) is 0 Å². The molecular weight excluding hydrogens is 302 g/mol. The molecule has 1 amide bonds. The molecule has 0 N–H and O–H groups in total. The van der Waals surface area contributed by atoms with Crippen LogP contribution in [0.1, 0.15) is 45.1 Å². The Kier molecular flexibility index (Phi) is 4.34. The van der Waals surface area contributed by atoms with E-state index in [1.807, 2.05) is 31.7 Å². The first-order valence-electron chi connectivity index (χ1n) is 6.93. The summed E-state index contributed by atoms with van der Waals surface area (Å²) < 4.78 is 1.12. The van der Waals surface area contributed by atoms with Crippen molar-refractivity contribution in [2.45, 2.75) is 39.5 Å². The summed E-state index contributed by atoms with van der Waals surface area (Å²) >= 11 is 3.52. The maximum atomic E-state index is 12.4. The van der Waals surface area contributed by atoms with Crippen molar-refractivity contribution >= 4 is 21.8 Å². The number of amides is 1. The van der Waals surface area contributed by atoms with Crippen LogP contribution in [0.15, 0.2) is 28.7 Å². The average molecular weight is 324 g/mol. The normalized spacial score (nSPS) is 20.4. The summed E-state index contributed by atoms with van der Waals surface area (Å²) in [5.41, 5.74) is 1.06. The molecule has 2 nitrogen and oxygen atoms in total. The molecule has 0 aromatic heterocycles. The van der Waals surface area contributed by atoms with E-state index in [1.165, 1.54) is 12.0 Å². The Labute approximate surface area is 124 Å². The first kappa shape index (κ1) is 14.6.